The molecule has 2 saturated heterocycles. The van der Waals surface area contributed by atoms with Crippen molar-refractivity contribution in [3.8, 4) is 0 Å². The molecule has 2 aliphatic rings. The molecule has 132 valence electrons. The number of hydrogen-bond acceptors (Lipinski definition) is 5. The number of morpholine rings is 1. The van der Waals surface area contributed by atoms with Crippen LogP contribution in [0.5, 0.6) is 0 Å². The first-order chi connectivity index (χ1) is 12.4. The van der Waals surface area contributed by atoms with E-state index in [0.717, 1.165) is 51.5 Å². The molecule has 0 N–H and O–H groups in total. The van der Waals surface area contributed by atoms with Crippen molar-refractivity contribution in [2.75, 3.05) is 32.8 Å². The summed E-state index contributed by atoms with van der Waals surface area (Å²) in [6, 6.07) is 11.6. The van der Waals surface area contributed by atoms with Crippen molar-refractivity contribution in [1.29, 1.82) is 0 Å². The van der Waals surface area contributed by atoms with Gasteiger partial charge in [0.05, 0.1) is 18.9 Å². The zero-order valence-corrected chi connectivity index (χ0v) is 14.6. The first kappa shape index (κ1) is 16.6. The van der Waals surface area contributed by atoms with Crippen LogP contribution in [-0.4, -0.2) is 64.7 Å². The van der Waals surface area contributed by atoms with Gasteiger partial charge in [0, 0.05) is 56.9 Å². The molecule has 2 fully saturated rings. The van der Waals surface area contributed by atoms with Gasteiger partial charge in [-0.15, -0.1) is 0 Å². The van der Waals surface area contributed by atoms with Crippen molar-refractivity contribution < 1.29 is 4.74 Å². The number of hydrogen-bond donors (Lipinski definition) is 0. The summed E-state index contributed by atoms with van der Waals surface area (Å²) in [6.07, 6.45) is 7.98. The van der Waals surface area contributed by atoms with Crippen LogP contribution in [-0.2, 0) is 17.7 Å². The van der Waals surface area contributed by atoms with Gasteiger partial charge in [0.15, 0.2) is 0 Å². The highest BCUT2D eigenvalue weighted by Gasteiger charge is 2.38. The molecule has 2 atom stereocenters. The zero-order valence-electron chi connectivity index (χ0n) is 14.6. The molecular weight excluding hydrogens is 312 g/mol. The second kappa shape index (κ2) is 8.04. The van der Waals surface area contributed by atoms with Crippen molar-refractivity contribution in [3.63, 3.8) is 0 Å². The normalized spacial score (nSPS) is 25.3. The van der Waals surface area contributed by atoms with Crippen LogP contribution >= 0.6 is 0 Å². The van der Waals surface area contributed by atoms with Gasteiger partial charge in [0.1, 0.15) is 0 Å². The predicted octanol–water partition coefficient (Wildman–Crippen LogP) is 1.99. The van der Waals surface area contributed by atoms with Gasteiger partial charge in [-0.2, -0.15) is 0 Å². The minimum absolute atomic E-state index is 0.516. The van der Waals surface area contributed by atoms with E-state index in [1.165, 1.54) is 12.0 Å². The largest absolute Gasteiger partial charge is 0.379 e. The SMILES string of the molecule is c1ccc(CN2CC[C@H](N3CCOCC3)[C@H]2Cc2ccncc2)nc1. The molecule has 0 aliphatic carbocycles. The topological polar surface area (TPSA) is 41.5 Å². The lowest BCUT2D eigenvalue weighted by Crippen LogP contribution is -2.50. The lowest BCUT2D eigenvalue weighted by Gasteiger charge is -2.37. The van der Waals surface area contributed by atoms with Crippen LogP contribution in [0.15, 0.2) is 48.9 Å². The highest BCUT2D eigenvalue weighted by Crippen LogP contribution is 2.28. The van der Waals surface area contributed by atoms with Gasteiger partial charge >= 0.3 is 0 Å². The van der Waals surface area contributed by atoms with Gasteiger partial charge in [-0.3, -0.25) is 19.8 Å². The van der Waals surface area contributed by atoms with Crippen molar-refractivity contribution in [3.05, 3.63) is 60.2 Å². The molecule has 0 radical (unpaired) electrons. The van der Waals surface area contributed by atoms with E-state index >= 15 is 0 Å². The molecule has 2 aliphatic heterocycles. The molecule has 0 bridgehead atoms. The maximum absolute atomic E-state index is 5.56. The van der Waals surface area contributed by atoms with E-state index in [4.69, 9.17) is 4.74 Å². The summed E-state index contributed by atoms with van der Waals surface area (Å²) in [4.78, 5) is 13.9. The van der Waals surface area contributed by atoms with Gasteiger partial charge in [0.25, 0.3) is 0 Å². The molecule has 4 rings (SSSR count). The first-order valence-corrected chi connectivity index (χ1v) is 9.25. The summed E-state index contributed by atoms with van der Waals surface area (Å²) in [5.74, 6) is 0. The molecular formula is C20H26N4O. The Morgan fingerprint density at radius 3 is 2.60 bits per heavy atom. The fourth-order valence-electron chi connectivity index (χ4n) is 4.16. The zero-order chi connectivity index (χ0) is 16.9. The summed E-state index contributed by atoms with van der Waals surface area (Å²) in [5, 5.41) is 0. The van der Waals surface area contributed by atoms with Crippen LogP contribution in [0.4, 0.5) is 0 Å². The van der Waals surface area contributed by atoms with Gasteiger partial charge in [0.2, 0.25) is 0 Å². The molecule has 25 heavy (non-hydrogen) atoms. The summed E-state index contributed by atoms with van der Waals surface area (Å²) in [6.45, 7) is 5.88. The maximum Gasteiger partial charge on any atom is 0.0594 e. The molecule has 0 amide bonds. The molecule has 0 aromatic carbocycles. The van der Waals surface area contributed by atoms with E-state index in [2.05, 4.69) is 44.0 Å². The van der Waals surface area contributed by atoms with Gasteiger partial charge in [-0.05, 0) is 42.7 Å². The highest BCUT2D eigenvalue weighted by molar-refractivity contribution is 5.14. The number of likely N-dealkylation sites (tertiary alicyclic amines) is 1. The molecule has 0 saturated carbocycles. The van der Waals surface area contributed by atoms with E-state index < -0.39 is 0 Å². The Hall–Kier alpha value is -1.82. The molecule has 5 nitrogen and oxygen atoms in total. The molecule has 0 unspecified atom stereocenters. The van der Waals surface area contributed by atoms with E-state index in [1.54, 1.807) is 0 Å². The minimum atomic E-state index is 0.516. The van der Waals surface area contributed by atoms with Crippen LogP contribution in [0.1, 0.15) is 17.7 Å². The van der Waals surface area contributed by atoms with Gasteiger partial charge < -0.3 is 4.74 Å². The molecule has 2 aromatic heterocycles. The van der Waals surface area contributed by atoms with E-state index in [9.17, 15) is 0 Å². The average molecular weight is 338 g/mol. The fourth-order valence-corrected chi connectivity index (χ4v) is 4.16. The van der Waals surface area contributed by atoms with Crippen molar-refractivity contribution in [1.82, 2.24) is 19.8 Å². The standard InChI is InChI=1S/C20H26N4O/c1-2-7-22-18(3-1)16-24-10-6-19(23-11-13-25-14-12-23)20(24)15-17-4-8-21-9-5-17/h1-5,7-9,19-20H,6,10-16H2/t19-,20+/m0/s1. The Balaban J connectivity index is 1.52. The monoisotopic (exact) mass is 338 g/mol. The van der Waals surface area contributed by atoms with Gasteiger partial charge in [-0.1, -0.05) is 6.07 Å². The van der Waals surface area contributed by atoms with Crippen molar-refractivity contribution >= 4 is 0 Å². The molecule has 2 aromatic rings. The van der Waals surface area contributed by atoms with Crippen molar-refractivity contribution in [2.45, 2.75) is 31.5 Å². The quantitative estimate of drug-likeness (QED) is 0.834. The van der Waals surface area contributed by atoms with E-state index in [0.29, 0.717) is 12.1 Å². The van der Waals surface area contributed by atoms with Crippen LogP contribution in [0.3, 0.4) is 0 Å². The van der Waals surface area contributed by atoms with Crippen LogP contribution in [0.25, 0.3) is 0 Å². The Labute approximate surface area is 149 Å². The Kier molecular flexibility index (Phi) is 5.35. The van der Waals surface area contributed by atoms with Crippen LogP contribution < -0.4 is 0 Å². The minimum Gasteiger partial charge on any atom is -0.379 e. The summed E-state index contributed by atoms with van der Waals surface area (Å²) >= 11 is 0. The second-order valence-corrected chi connectivity index (χ2v) is 6.92. The molecule has 0 spiro atoms. The predicted molar refractivity (Wildman–Crippen MR) is 97.2 cm³/mol. The first-order valence-electron chi connectivity index (χ1n) is 9.25. The summed E-state index contributed by atoms with van der Waals surface area (Å²) in [7, 11) is 0. The smallest absolute Gasteiger partial charge is 0.0594 e. The maximum atomic E-state index is 5.56. The average Bonchev–Trinajstić information content (AvgIpc) is 3.06. The van der Waals surface area contributed by atoms with E-state index in [-0.39, 0.29) is 0 Å². The Morgan fingerprint density at radius 1 is 1.00 bits per heavy atom. The number of pyridine rings is 2. The lowest BCUT2D eigenvalue weighted by atomic mass is 9.99. The number of nitrogens with zero attached hydrogens (tertiary/aromatic N) is 4. The number of ether oxygens (including phenoxy) is 1. The lowest BCUT2D eigenvalue weighted by molar-refractivity contribution is 0.00782. The van der Waals surface area contributed by atoms with Gasteiger partial charge in [-0.25, -0.2) is 0 Å². The third-order valence-corrected chi connectivity index (χ3v) is 5.43. The fraction of sp³-hybridized carbons (Fsp3) is 0.500. The van der Waals surface area contributed by atoms with Crippen LogP contribution in [0.2, 0.25) is 0 Å². The molecule has 5 heteroatoms. The third kappa shape index (κ3) is 4.06. The van der Waals surface area contributed by atoms with Crippen molar-refractivity contribution in [2.24, 2.45) is 0 Å². The van der Waals surface area contributed by atoms with E-state index in [1.807, 2.05) is 24.7 Å². The highest BCUT2D eigenvalue weighted by atomic mass is 16.5. The number of aromatic nitrogens is 2. The Morgan fingerprint density at radius 2 is 1.84 bits per heavy atom. The number of rotatable bonds is 5. The molecule has 4 heterocycles. The summed E-state index contributed by atoms with van der Waals surface area (Å²) in [5.41, 5.74) is 2.52. The van der Waals surface area contributed by atoms with Crippen LogP contribution in [0, 0.1) is 0 Å². The summed E-state index contributed by atoms with van der Waals surface area (Å²) < 4.78 is 5.56. The Bertz CT molecular complexity index is 645. The third-order valence-electron chi connectivity index (χ3n) is 5.43. The second-order valence-electron chi connectivity index (χ2n) is 6.92.